The molecule has 14 nitrogen and oxygen atoms in total. The number of carbonyl (C=O) groups is 2. The maximum atomic E-state index is 12.5. The van der Waals surface area contributed by atoms with Crippen molar-refractivity contribution in [2.24, 2.45) is 0 Å². The van der Waals surface area contributed by atoms with Crippen LogP contribution in [0.2, 0.25) is 0 Å². The number of fused-ring (bicyclic) bond motifs is 1. The number of carbonyl (C=O) groups excluding carboxylic acids is 2. The number of hydrogen-bond acceptors (Lipinski definition) is 11. The van der Waals surface area contributed by atoms with E-state index < -0.39 is 11.7 Å². The number of pyridine rings is 1. The molecule has 0 saturated carbocycles. The van der Waals surface area contributed by atoms with Crippen LogP contribution in [0.1, 0.15) is 64.6 Å². The molecule has 1 aliphatic heterocycles. The molecule has 244 valence electrons. The number of nitrogens with one attached hydrogen (secondary N) is 2. The molecule has 0 radical (unpaired) electrons. The van der Waals surface area contributed by atoms with Crippen LogP contribution in [0.3, 0.4) is 0 Å². The van der Waals surface area contributed by atoms with Gasteiger partial charge in [-0.25, -0.2) is 14.6 Å². The fourth-order valence-electron chi connectivity index (χ4n) is 4.96. The third-order valence-corrected chi connectivity index (χ3v) is 7.62. The topological polar surface area (TPSA) is 166 Å². The number of halogens is 1. The Morgan fingerprint density at radius 1 is 1.20 bits per heavy atom. The number of amides is 2. The number of nitrogens with zero attached hydrogens (tertiary/aromatic N) is 6. The Balaban J connectivity index is 1.65. The average molecular weight is 690 g/mol. The van der Waals surface area contributed by atoms with Gasteiger partial charge < -0.3 is 29.5 Å². The Labute approximate surface area is 270 Å². The van der Waals surface area contributed by atoms with Gasteiger partial charge in [-0.1, -0.05) is 19.4 Å². The van der Waals surface area contributed by atoms with Crippen LogP contribution in [-0.4, -0.2) is 92.5 Å². The van der Waals surface area contributed by atoms with Crippen LogP contribution in [0.4, 0.5) is 21.4 Å². The van der Waals surface area contributed by atoms with Crippen molar-refractivity contribution < 1.29 is 28.9 Å². The van der Waals surface area contributed by atoms with Gasteiger partial charge in [0.25, 0.3) is 0 Å². The van der Waals surface area contributed by atoms with E-state index in [0.717, 1.165) is 24.0 Å². The average Bonchev–Trinajstić information content (AvgIpc) is 3.31. The summed E-state index contributed by atoms with van der Waals surface area (Å²) < 4.78 is 18.1. The van der Waals surface area contributed by atoms with Crippen molar-refractivity contribution in [3.63, 3.8) is 0 Å². The molecule has 15 heteroatoms. The van der Waals surface area contributed by atoms with Crippen molar-refractivity contribution in [2.45, 2.75) is 71.6 Å². The quantitative estimate of drug-likeness (QED) is 0.242. The van der Waals surface area contributed by atoms with Crippen molar-refractivity contribution in [1.82, 2.24) is 29.6 Å². The van der Waals surface area contributed by atoms with E-state index in [2.05, 4.69) is 48.6 Å². The van der Waals surface area contributed by atoms with E-state index in [1.54, 1.807) is 22.9 Å². The van der Waals surface area contributed by atoms with Crippen LogP contribution in [-0.2, 0) is 16.0 Å². The van der Waals surface area contributed by atoms with Gasteiger partial charge in [-0.3, -0.25) is 15.0 Å². The zero-order valence-corrected chi connectivity index (χ0v) is 28.1. The molecule has 1 atom stereocenters. The van der Waals surface area contributed by atoms with Crippen LogP contribution in [0.5, 0.6) is 5.75 Å². The first-order valence-electron chi connectivity index (χ1n) is 14.8. The minimum atomic E-state index is -0.705. The molecule has 3 aromatic heterocycles. The third kappa shape index (κ3) is 8.60. The fourth-order valence-corrected chi connectivity index (χ4v) is 5.42. The molecule has 0 aliphatic carbocycles. The molecule has 0 unspecified atom stereocenters. The highest BCUT2D eigenvalue weighted by Crippen LogP contribution is 2.32. The predicted octanol–water partition coefficient (Wildman–Crippen LogP) is 5.21. The molecule has 3 aromatic rings. The zero-order chi connectivity index (χ0) is 32.7. The molecule has 0 bridgehead atoms. The largest absolute Gasteiger partial charge is 0.495 e. The molecule has 2 amide bonds. The highest BCUT2D eigenvalue weighted by molar-refractivity contribution is 9.10. The highest BCUT2D eigenvalue weighted by atomic mass is 79.9. The van der Waals surface area contributed by atoms with Gasteiger partial charge in [0, 0.05) is 31.9 Å². The second kappa shape index (κ2) is 14.9. The van der Waals surface area contributed by atoms with E-state index in [1.807, 2.05) is 32.9 Å². The molecule has 0 fully saturated rings. The normalized spacial score (nSPS) is 14.1. The molecule has 0 saturated heterocycles. The number of methoxy groups -OCH3 is 2. The van der Waals surface area contributed by atoms with Gasteiger partial charge in [-0.2, -0.15) is 10.1 Å². The van der Waals surface area contributed by atoms with Crippen molar-refractivity contribution in [1.29, 1.82) is 0 Å². The molecule has 0 aromatic carbocycles. The number of aliphatic hydroxyl groups excluding tert-OH is 1. The van der Waals surface area contributed by atoms with Crippen LogP contribution in [0.25, 0.3) is 16.6 Å². The Morgan fingerprint density at radius 2 is 1.98 bits per heavy atom. The molecule has 3 N–H and O–H groups in total. The summed E-state index contributed by atoms with van der Waals surface area (Å²) in [6.07, 6.45) is 5.62. The van der Waals surface area contributed by atoms with E-state index in [0.29, 0.717) is 58.8 Å². The summed E-state index contributed by atoms with van der Waals surface area (Å²) >= 11 is 3.51. The molecular weight excluding hydrogens is 648 g/mol. The lowest BCUT2D eigenvalue weighted by Gasteiger charge is -2.29. The second-order valence-electron chi connectivity index (χ2n) is 11.6. The molecular formula is C30H41BrN8O6. The van der Waals surface area contributed by atoms with Crippen LogP contribution < -0.4 is 15.4 Å². The number of hydrogen-bond donors (Lipinski definition) is 3. The van der Waals surface area contributed by atoms with Crippen molar-refractivity contribution in [2.75, 3.05) is 44.5 Å². The summed E-state index contributed by atoms with van der Waals surface area (Å²) in [6, 6.07) is 1.86. The first-order chi connectivity index (χ1) is 21.5. The number of aromatic nitrogens is 5. The Morgan fingerprint density at radius 3 is 2.60 bits per heavy atom. The second-order valence-corrected chi connectivity index (χ2v) is 12.3. The van der Waals surface area contributed by atoms with Gasteiger partial charge in [0.15, 0.2) is 10.4 Å². The van der Waals surface area contributed by atoms with Gasteiger partial charge in [0.2, 0.25) is 5.95 Å². The highest BCUT2D eigenvalue weighted by Gasteiger charge is 2.25. The zero-order valence-electron chi connectivity index (χ0n) is 26.5. The monoisotopic (exact) mass is 688 g/mol. The van der Waals surface area contributed by atoms with E-state index in [4.69, 9.17) is 19.2 Å². The van der Waals surface area contributed by atoms with E-state index in [-0.39, 0.29) is 31.2 Å². The maximum Gasteiger partial charge on any atom is 0.413 e. The van der Waals surface area contributed by atoms with Crippen molar-refractivity contribution in [3.05, 3.63) is 34.2 Å². The number of anilines is 2. The smallest absolute Gasteiger partial charge is 0.413 e. The summed E-state index contributed by atoms with van der Waals surface area (Å²) in [7, 11) is 2.85. The van der Waals surface area contributed by atoms with E-state index >= 15 is 0 Å². The minimum absolute atomic E-state index is 0.00501. The molecule has 1 aliphatic rings. The minimum Gasteiger partial charge on any atom is -0.495 e. The standard InChI is InChI=1S/C30H41BrN8O6/c1-7-8-20(11-14-40)33-26-24-23(34-27(35-26)36-28(41)44-6)25(31)37-39(24)17-21-22(43-5)15-19(16-32-21)18-9-12-38(13-10-18)29(42)45-30(2,3)4/h9,15-16,20,40H,7-8,10-14,17H2,1-6H3,(H2,33,34,35,36,41)/t20-/m0/s1. The van der Waals surface area contributed by atoms with Gasteiger partial charge in [-0.05, 0) is 73.2 Å². The first kappa shape index (κ1) is 33.9. The summed E-state index contributed by atoms with van der Waals surface area (Å²) in [5.74, 6) is 1.06. The maximum absolute atomic E-state index is 12.5. The third-order valence-electron chi connectivity index (χ3n) is 7.08. The molecule has 0 spiro atoms. The van der Waals surface area contributed by atoms with Crippen LogP contribution in [0.15, 0.2) is 22.9 Å². The first-order valence-corrected chi connectivity index (χ1v) is 15.6. The van der Waals surface area contributed by atoms with Crippen molar-refractivity contribution in [3.8, 4) is 5.75 Å². The summed E-state index contributed by atoms with van der Waals surface area (Å²) in [5.41, 5.74) is 3.11. The van der Waals surface area contributed by atoms with Gasteiger partial charge in [0.1, 0.15) is 28.1 Å². The molecule has 4 rings (SSSR count). The van der Waals surface area contributed by atoms with E-state index in [1.165, 1.54) is 7.11 Å². The Bertz CT molecular complexity index is 1550. The van der Waals surface area contributed by atoms with Crippen LogP contribution in [0, 0.1) is 0 Å². The number of rotatable bonds is 11. The summed E-state index contributed by atoms with van der Waals surface area (Å²) in [6.45, 7) is 8.84. The lowest BCUT2D eigenvalue weighted by molar-refractivity contribution is 0.0270. The summed E-state index contributed by atoms with van der Waals surface area (Å²) in [4.78, 5) is 39.9. The molecule has 45 heavy (non-hydrogen) atoms. The summed E-state index contributed by atoms with van der Waals surface area (Å²) in [5, 5.41) is 20.3. The Kier molecular flexibility index (Phi) is 11.2. The SMILES string of the molecule is CCC[C@@H](CCO)Nc1nc(NC(=O)OC)nc2c(Br)nn(Cc3ncc(C4=CCN(C(=O)OC(C)(C)C)CC4)cc3OC)c12. The van der Waals surface area contributed by atoms with Gasteiger partial charge >= 0.3 is 12.2 Å². The van der Waals surface area contributed by atoms with Crippen molar-refractivity contribution >= 4 is 56.5 Å². The van der Waals surface area contributed by atoms with Gasteiger partial charge in [0.05, 0.1) is 20.8 Å². The fraction of sp³-hybridized carbons (Fsp3) is 0.533. The van der Waals surface area contributed by atoms with E-state index in [9.17, 15) is 14.7 Å². The number of ether oxygens (including phenoxy) is 3. The van der Waals surface area contributed by atoms with Crippen LogP contribution >= 0.6 is 15.9 Å². The molecule has 4 heterocycles. The predicted molar refractivity (Wildman–Crippen MR) is 173 cm³/mol. The van der Waals surface area contributed by atoms with Gasteiger partial charge in [-0.15, -0.1) is 0 Å². The Hall–Kier alpha value is -3.98. The number of aliphatic hydroxyl groups is 1. The lowest BCUT2D eigenvalue weighted by atomic mass is 10.0. The lowest BCUT2D eigenvalue weighted by Crippen LogP contribution is -2.39.